The Bertz CT molecular complexity index is 438. The average Bonchev–Trinajstić information content (AvgIpc) is 2.69. The number of carboxylic acids is 1. The summed E-state index contributed by atoms with van der Waals surface area (Å²) in [6.45, 7) is -0.492. The SMILES string of the molecule is O=C(O)CCS(=O)(=O)NCC1CCN(CC(F)(F)F)C1. The molecule has 0 saturated carbocycles. The van der Waals surface area contributed by atoms with E-state index in [4.69, 9.17) is 5.11 Å². The number of carbonyl (C=O) groups is 1. The quantitative estimate of drug-likeness (QED) is 0.703. The maximum atomic E-state index is 12.2. The van der Waals surface area contributed by atoms with Gasteiger partial charge in [0.1, 0.15) is 0 Å². The second-order valence-corrected chi connectivity index (χ2v) is 6.74. The number of rotatable bonds is 7. The predicted octanol–water partition coefficient (Wildman–Crippen LogP) is 0.265. The van der Waals surface area contributed by atoms with Crippen LogP contribution in [0.2, 0.25) is 0 Å². The first-order valence-electron chi connectivity index (χ1n) is 6.05. The van der Waals surface area contributed by atoms with E-state index in [1.165, 1.54) is 4.90 Å². The fraction of sp³-hybridized carbons (Fsp3) is 0.900. The number of carboxylic acid groups (broad SMARTS) is 1. The van der Waals surface area contributed by atoms with Crippen molar-refractivity contribution >= 4 is 16.0 Å². The minimum Gasteiger partial charge on any atom is -0.481 e. The van der Waals surface area contributed by atoms with Crippen LogP contribution < -0.4 is 4.72 Å². The largest absolute Gasteiger partial charge is 0.481 e. The number of hydrogen-bond acceptors (Lipinski definition) is 4. The van der Waals surface area contributed by atoms with Gasteiger partial charge in [-0.3, -0.25) is 9.69 Å². The molecule has 0 bridgehead atoms. The van der Waals surface area contributed by atoms with Gasteiger partial charge in [-0.1, -0.05) is 0 Å². The Morgan fingerprint density at radius 1 is 1.40 bits per heavy atom. The molecule has 1 atom stereocenters. The lowest BCUT2D eigenvalue weighted by Crippen LogP contribution is -2.35. The number of likely N-dealkylation sites (tertiary alicyclic amines) is 1. The third-order valence-corrected chi connectivity index (χ3v) is 4.30. The van der Waals surface area contributed by atoms with E-state index in [-0.39, 0.29) is 25.6 Å². The van der Waals surface area contributed by atoms with Gasteiger partial charge in [-0.25, -0.2) is 13.1 Å². The number of nitrogens with zero attached hydrogens (tertiary/aromatic N) is 1. The number of nitrogens with one attached hydrogen (secondary N) is 1. The highest BCUT2D eigenvalue weighted by molar-refractivity contribution is 7.89. The molecule has 0 radical (unpaired) electrons. The van der Waals surface area contributed by atoms with Gasteiger partial charge in [0.15, 0.2) is 0 Å². The molecule has 20 heavy (non-hydrogen) atoms. The van der Waals surface area contributed by atoms with Crippen molar-refractivity contribution in [2.24, 2.45) is 5.92 Å². The highest BCUT2D eigenvalue weighted by atomic mass is 32.2. The number of alkyl halides is 3. The molecule has 0 aromatic rings. The summed E-state index contributed by atoms with van der Waals surface area (Å²) in [7, 11) is -3.69. The Kier molecular flexibility index (Phi) is 5.78. The summed E-state index contributed by atoms with van der Waals surface area (Å²) in [5, 5.41) is 8.39. The fourth-order valence-corrected chi connectivity index (χ4v) is 3.09. The molecule has 0 aromatic carbocycles. The molecule has 0 spiro atoms. The zero-order chi connectivity index (χ0) is 15.4. The van der Waals surface area contributed by atoms with Gasteiger partial charge < -0.3 is 5.11 Å². The van der Waals surface area contributed by atoms with Crippen molar-refractivity contribution in [3.8, 4) is 0 Å². The zero-order valence-corrected chi connectivity index (χ0v) is 11.5. The maximum Gasteiger partial charge on any atom is 0.401 e. The van der Waals surface area contributed by atoms with Crippen molar-refractivity contribution in [3.63, 3.8) is 0 Å². The lowest BCUT2D eigenvalue weighted by molar-refractivity contribution is -0.143. The van der Waals surface area contributed by atoms with E-state index >= 15 is 0 Å². The van der Waals surface area contributed by atoms with Crippen molar-refractivity contribution in [3.05, 3.63) is 0 Å². The van der Waals surface area contributed by atoms with Crippen LogP contribution in [0.15, 0.2) is 0 Å². The van der Waals surface area contributed by atoms with E-state index in [0.29, 0.717) is 6.42 Å². The predicted molar refractivity (Wildman–Crippen MR) is 64.6 cm³/mol. The Morgan fingerprint density at radius 2 is 2.05 bits per heavy atom. The number of halogens is 3. The summed E-state index contributed by atoms with van der Waals surface area (Å²) < 4.78 is 61.6. The van der Waals surface area contributed by atoms with Gasteiger partial charge in [0.25, 0.3) is 0 Å². The molecule has 1 unspecified atom stereocenters. The van der Waals surface area contributed by atoms with E-state index in [2.05, 4.69) is 4.72 Å². The number of aliphatic carboxylic acids is 1. The Labute approximate surface area is 115 Å². The van der Waals surface area contributed by atoms with E-state index in [9.17, 15) is 26.4 Å². The van der Waals surface area contributed by atoms with Gasteiger partial charge >= 0.3 is 12.1 Å². The first-order chi connectivity index (χ1) is 9.07. The summed E-state index contributed by atoms with van der Waals surface area (Å²) in [5.41, 5.74) is 0. The molecule has 118 valence electrons. The molecule has 10 heteroatoms. The van der Waals surface area contributed by atoms with Crippen LogP contribution >= 0.6 is 0 Å². The van der Waals surface area contributed by atoms with Crippen molar-refractivity contribution in [1.82, 2.24) is 9.62 Å². The van der Waals surface area contributed by atoms with Crippen LogP contribution in [0.5, 0.6) is 0 Å². The molecule has 1 rings (SSSR count). The van der Waals surface area contributed by atoms with Gasteiger partial charge in [-0.2, -0.15) is 13.2 Å². The number of hydrogen-bond donors (Lipinski definition) is 2. The third kappa shape index (κ3) is 7.06. The standard InChI is InChI=1S/C10H17F3N2O4S/c11-10(12,13)7-15-3-1-8(6-15)5-14-20(18,19)4-2-9(16)17/h8,14H,1-7H2,(H,16,17). The van der Waals surface area contributed by atoms with E-state index in [0.717, 1.165) is 0 Å². The van der Waals surface area contributed by atoms with Gasteiger partial charge in [-0.05, 0) is 18.9 Å². The summed E-state index contributed by atoms with van der Waals surface area (Å²) in [4.78, 5) is 11.5. The topological polar surface area (TPSA) is 86.7 Å². The van der Waals surface area contributed by atoms with Crippen LogP contribution in [0.4, 0.5) is 13.2 Å². The summed E-state index contributed by atoms with van der Waals surface area (Å²) >= 11 is 0. The van der Waals surface area contributed by atoms with E-state index in [1.807, 2.05) is 0 Å². The summed E-state index contributed by atoms with van der Waals surface area (Å²) in [6.07, 6.45) is -4.27. The van der Waals surface area contributed by atoms with Crippen molar-refractivity contribution in [2.75, 3.05) is 31.9 Å². The monoisotopic (exact) mass is 318 g/mol. The zero-order valence-electron chi connectivity index (χ0n) is 10.7. The molecule has 1 saturated heterocycles. The molecule has 1 aliphatic rings. The first-order valence-corrected chi connectivity index (χ1v) is 7.71. The molecular weight excluding hydrogens is 301 g/mol. The van der Waals surface area contributed by atoms with Crippen LogP contribution in [-0.4, -0.2) is 62.5 Å². The van der Waals surface area contributed by atoms with Gasteiger partial charge in [0, 0.05) is 13.1 Å². The molecule has 1 fully saturated rings. The summed E-state index contributed by atoms with van der Waals surface area (Å²) in [5.74, 6) is -1.93. The second-order valence-electron chi connectivity index (χ2n) is 4.82. The summed E-state index contributed by atoms with van der Waals surface area (Å²) in [6, 6.07) is 0. The number of sulfonamides is 1. The van der Waals surface area contributed by atoms with Crippen LogP contribution in [0, 0.1) is 5.92 Å². The van der Waals surface area contributed by atoms with E-state index in [1.54, 1.807) is 0 Å². The smallest absolute Gasteiger partial charge is 0.401 e. The lowest BCUT2D eigenvalue weighted by atomic mass is 10.1. The molecule has 6 nitrogen and oxygen atoms in total. The first kappa shape index (κ1) is 17.2. The van der Waals surface area contributed by atoms with Crippen molar-refractivity contribution < 1.29 is 31.5 Å². The minimum atomic E-state index is -4.25. The van der Waals surface area contributed by atoms with Crippen LogP contribution in [-0.2, 0) is 14.8 Å². The Morgan fingerprint density at radius 3 is 2.60 bits per heavy atom. The van der Waals surface area contributed by atoms with Crippen molar-refractivity contribution in [1.29, 1.82) is 0 Å². The molecule has 2 N–H and O–H groups in total. The molecule has 1 aliphatic heterocycles. The average molecular weight is 318 g/mol. The molecule has 1 heterocycles. The highest BCUT2D eigenvalue weighted by Crippen LogP contribution is 2.22. The highest BCUT2D eigenvalue weighted by Gasteiger charge is 2.34. The molecule has 0 aliphatic carbocycles. The Hall–Kier alpha value is -0.870. The van der Waals surface area contributed by atoms with Crippen LogP contribution in [0.1, 0.15) is 12.8 Å². The molecule has 0 amide bonds. The van der Waals surface area contributed by atoms with Gasteiger partial charge in [0.2, 0.25) is 10.0 Å². The molecular formula is C10H17F3N2O4S. The van der Waals surface area contributed by atoms with E-state index < -0.39 is 40.9 Å². The second kappa shape index (κ2) is 6.72. The normalized spacial score (nSPS) is 21.2. The van der Waals surface area contributed by atoms with Gasteiger partial charge in [-0.15, -0.1) is 0 Å². The minimum absolute atomic E-state index is 0.0380. The fourth-order valence-electron chi connectivity index (χ4n) is 2.02. The maximum absolute atomic E-state index is 12.2. The van der Waals surface area contributed by atoms with Crippen LogP contribution in [0.25, 0.3) is 0 Å². The lowest BCUT2D eigenvalue weighted by Gasteiger charge is -2.18. The van der Waals surface area contributed by atoms with Crippen molar-refractivity contribution in [2.45, 2.75) is 19.0 Å². The van der Waals surface area contributed by atoms with Gasteiger partial charge in [0.05, 0.1) is 18.7 Å². The Balaban J connectivity index is 2.31. The third-order valence-electron chi connectivity index (χ3n) is 2.95. The molecule has 0 aromatic heterocycles. The van der Waals surface area contributed by atoms with Crippen LogP contribution in [0.3, 0.4) is 0 Å².